The van der Waals surface area contributed by atoms with Gasteiger partial charge in [0.1, 0.15) is 13.2 Å². The predicted octanol–water partition coefficient (Wildman–Crippen LogP) is 22.8. The Balaban J connectivity index is 4.05. The van der Waals surface area contributed by atoms with Crippen LogP contribution in [0.2, 0.25) is 0 Å². The molecule has 0 bridgehead atoms. The molecule has 0 fully saturated rings. The number of carbonyl (C=O) groups is 3. The molecule has 2 unspecified atom stereocenters. The summed E-state index contributed by atoms with van der Waals surface area (Å²) in [5.74, 6) is -2.02. The number of unbranched alkanes of at least 4 members (excludes halogenated alkanes) is 36. The normalized spacial score (nSPS) is 13.3. The van der Waals surface area contributed by atoms with E-state index in [4.69, 9.17) is 18.9 Å². The second-order valence-corrected chi connectivity index (χ2v) is 25.5. The molecule has 0 saturated carbocycles. The summed E-state index contributed by atoms with van der Waals surface area (Å²) in [6.07, 6.45) is 91.1. The fraction of sp³-hybridized carbons (Fsp3) is 0.756. The Bertz CT molecular complexity index is 1750. The lowest BCUT2D eigenvalue weighted by atomic mass is 10.0. The largest absolute Gasteiger partial charge is 0.477 e. The van der Waals surface area contributed by atoms with E-state index in [1.54, 1.807) is 0 Å². The van der Waals surface area contributed by atoms with Gasteiger partial charge in [-0.15, -0.1) is 0 Å². The van der Waals surface area contributed by atoms with E-state index >= 15 is 0 Å². The van der Waals surface area contributed by atoms with Crippen LogP contribution in [-0.2, 0) is 33.3 Å². The maximum absolute atomic E-state index is 12.9. The molecule has 0 saturated heterocycles. The van der Waals surface area contributed by atoms with E-state index in [2.05, 4.69) is 111 Å². The Morgan fingerprint density at radius 1 is 0.356 bits per heavy atom. The molecule has 9 nitrogen and oxygen atoms in total. The zero-order valence-corrected chi connectivity index (χ0v) is 57.4. The van der Waals surface area contributed by atoms with Crippen molar-refractivity contribution in [1.29, 1.82) is 0 Å². The summed E-state index contributed by atoms with van der Waals surface area (Å²) in [6.45, 7) is 4.76. The molecule has 0 amide bonds. The summed E-state index contributed by atoms with van der Waals surface area (Å²) in [5.41, 5.74) is 0. The van der Waals surface area contributed by atoms with E-state index in [-0.39, 0.29) is 32.2 Å². The molecule has 0 aromatic carbocycles. The standard InChI is InChI=1S/C78H137NO8/c1-6-8-10-12-14-16-18-20-22-24-26-28-30-32-33-34-35-36-37-38-39-40-41-42-43-45-46-48-50-52-54-56-58-60-62-64-66-68-75(80)85-72-74(73-86-78(77(82)83)84-71-70-79(3,4)5)87-76(81)69-67-65-63-61-59-57-55-53-51-49-47-44-31-29-27-25-23-21-19-17-15-13-11-9-7-2/h9,11,15,17-18,20-21,23-24,26-27,29,44,47,51,53,74,78H,6-8,10,12-14,16,19,22,25,28,30-43,45-46,48-50,52,54-73H2,1-5H3/p+1/b11-9-,17-15-,20-18-,23-21-,26-24-,29-27-,47-44-,53-51-. The van der Waals surface area contributed by atoms with Crippen molar-refractivity contribution in [3.63, 3.8) is 0 Å². The van der Waals surface area contributed by atoms with Crippen molar-refractivity contribution in [1.82, 2.24) is 0 Å². The number of allylic oxidation sites excluding steroid dienone is 16. The number of esters is 2. The molecule has 0 spiro atoms. The van der Waals surface area contributed by atoms with Crippen LogP contribution in [0, 0.1) is 0 Å². The summed E-state index contributed by atoms with van der Waals surface area (Å²) >= 11 is 0. The number of carbonyl (C=O) groups excluding carboxylic acids is 2. The third kappa shape index (κ3) is 69.5. The van der Waals surface area contributed by atoms with Crippen LogP contribution in [0.5, 0.6) is 0 Å². The average molecular weight is 1220 g/mol. The minimum Gasteiger partial charge on any atom is -0.477 e. The molecule has 0 heterocycles. The van der Waals surface area contributed by atoms with Crippen LogP contribution >= 0.6 is 0 Å². The first-order valence-corrected chi connectivity index (χ1v) is 36.4. The molecule has 1 N–H and O–H groups in total. The molecule has 9 heteroatoms. The first kappa shape index (κ1) is 83.2. The van der Waals surface area contributed by atoms with E-state index in [0.29, 0.717) is 23.9 Å². The van der Waals surface area contributed by atoms with E-state index < -0.39 is 24.3 Å². The monoisotopic (exact) mass is 1220 g/mol. The second kappa shape index (κ2) is 68.1. The molecular formula is C78H138NO8+. The molecule has 0 radical (unpaired) electrons. The number of aliphatic carboxylic acids is 1. The van der Waals surface area contributed by atoms with Crippen LogP contribution in [0.1, 0.15) is 322 Å². The molecule has 0 aliphatic carbocycles. The van der Waals surface area contributed by atoms with Gasteiger partial charge in [-0.05, 0) is 96.3 Å². The lowest BCUT2D eigenvalue weighted by molar-refractivity contribution is -0.870. The SMILES string of the molecule is CC/C=C\C/C=C\C/C=C\C/C=C\C/C=C\C/C=C\CCCCCCCCC(=O)OC(COC(=O)CCCCCCCCCCCCCCCCCCCCCCCCCCC/C=C\C/C=C\CCCCCCC)COC(OCC[N+](C)(C)C)C(=O)O. The van der Waals surface area contributed by atoms with Crippen molar-refractivity contribution in [2.24, 2.45) is 0 Å². The average Bonchev–Trinajstić information content (AvgIpc) is 3.59. The molecule has 2 atom stereocenters. The lowest BCUT2D eigenvalue weighted by Crippen LogP contribution is -2.40. The van der Waals surface area contributed by atoms with E-state index in [1.807, 2.05) is 21.1 Å². The first-order chi connectivity index (χ1) is 42.6. The number of quaternary nitrogens is 1. The van der Waals surface area contributed by atoms with Crippen molar-refractivity contribution < 1.29 is 42.9 Å². The summed E-state index contributed by atoms with van der Waals surface area (Å²) in [5, 5.41) is 9.75. The quantitative estimate of drug-likeness (QED) is 0.0211. The lowest BCUT2D eigenvalue weighted by Gasteiger charge is -2.25. The van der Waals surface area contributed by atoms with Crippen LogP contribution in [0.25, 0.3) is 0 Å². The molecule has 87 heavy (non-hydrogen) atoms. The summed E-state index contributed by atoms with van der Waals surface area (Å²) < 4.78 is 23.0. The predicted molar refractivity (Wildman–Crippen MR) is 373 cm³/mol. The molecule has 0 rings (SSSR count). The fourth-order valence-corrected chi connectivity index (χ4v) is 10.3. The topological polar surface area (TPSA) is 108 Å². The number of likely N-dealkylation sites (N-methyl/N-ethyl adjacent to an activating group) is 1. The van der Waals surface area contributed by atoms with Crippen LogP contribution in [0.15, 0.2) is 97.2 Å². The van der Waals surface area contributed by atoms with Gasteiger partial charge in [0.25, 0.3) is 6.29 Å². The maximum Gasteiger partial charge on any atom is 0.361 e. The van der Waals surface area contributed by atoms with Gasteiger partial charge in [0.2, 0.25) is 0 Å². The maximum atomic E-state index is 12.9. The minimum absolute atomic E-state index is 0.181. The highest BCUT2D eigenvalue weighted by Gasteiger charge is 2.25. The van der Waals surface area contributed by atoms with E-state index in [1.165, 1.54) is 186 Å². The molecular weight excluding hydrogens is 1080 g/mol. The number of hydrogen-bond donors (Lipinski definition) is 1. The van der Waals surface area contributed by atoms with Crippen molar-refractivity contribution in [2.75, 3.05) is 47.5 Å². The number of ether oxygens (including phenoxy) is 4. The number of rotatable bonds is 67. The third-order valence-electron chi connectivity index (χ3n) is 15.8. The van der Waals surface area contributed by atoms with Gasteiger partial charge in [0, 0.05) is 12.8 Å². The summed E-state index contributed by atoms with van der Waals surface area (Å²) in [6, 6.07) is 0. The van der Waals surface area contributed by atoms with Crippen LogP contribution in [0.3, 0.4) is 0 Å². The summed E-state index contributed by atoms with van der Waals surface area (Å²) in [4.78, 5) is 37.6. The first-order valence-electron chi connectivity index (χ1n) is 36.4. The molecule has 0 aliphatic rings. The molecule has 502 valence electrons. The van der Waals surface area contributed by atoms with Crippen molar-refractivity contribution in [2.45, 2.75) is 334 Å². The van der Waals surface area contributed by atoms with E-state index in [0.717, 1.165) is 103 Å². The molecule has 0 aromatic heterocycles. The Morgan fingerprint density at radius 2 is 0.655 bits per heavy atom. The highest BCUT2D eigenvalue weighted by molar-refractivity contribution is 5.71. The van der Waals surface area contributed by atoms with Crippen LogP contribution in [-0.4, -0.2) is 87.4 Å². The summed E-state index contributed by atoms with van der Waals surface area (Å²) in [7, 11) is 5.97. The fourth-order valence-electron chi connectivity index (χ4n) is 10.3. The Labute approximate surface area is 537 Å². The smallest absolute Gasteiger partial charge is 0.361 e. The second-order valence-electron chi connectivity index (χ2n) is 25.5. The minimum atomic E-state index is -1.52. The van der Waals surface area contributed by atoms with Gasteiger partial charge in [-0.25, -0.2) is 4.79 Å². The zero-order valence-electron chi connectivity index (χ0n) is 57.4. The van der Waals surface area contributed by atoms with E-state index in [9.17, 15) is 19.5 Å². The number of carboxylic acid groups (broad SMARTS) is 1. The molecule has 0 aromatic rings. The van der Waals surface area contributed by atoms with Gasteiger partial charge in [-0.2, -0.15) is 0 Å². The van der Waals surface area contributed by atoms with Gasteiger partial charge < -0.3 is 28.5 Å². The number of hydrogen-bond acceptors (Lipinski definition) is 7. The number of carboxylic acids is 1. The van der Waals surface area contributed by atoms with Gasteiger partial charge >= 0.3 is 17.9 Å². The highest BCUT2D eigenvalue weighted by Crippen LogP contribution is 2.18. The van der Waals surface area contributed by atoms with Crippen LogP contribution < -0.4 is 0 Å². The van der Waals surface area contributed by atoms with Gasteiger partial charge in [-0.3, -0.25) is 9.59 Å². The van der Waals surface area contributed by atoms with Crippen molar-refractivity contribution in [3.8, 4) is 0 Å². The van der Waals surface area contributed by atoms with Crippen molar-refractivity contribution in [3.05, 3.63) is 97.2 Å². The van der Waals surface area contributed by atoms with Gasteiger partial charge in [-0.1, -0.05) is 310 Å². The Morgan fingerprint density at radius 3 is 0.977 bits per heavy atom. The highest BCUT2D eigenvalue weighted by atomic mass is 16.7. The third-order valence-corrected chi connectivity index (χ3v) is 15.8. The number of nitrogens with zero attached hydrogens (tertiary/aromatic N) is 1. The zero-order chi connectivity index (χ0) is 63.3. The van der Waals surface area contributed by atoms with Gasteiger partial charge in [0.05, 0.1) is 34.4 Å². The Kier molecular flexibility index (Phi) is 65.2. The van der Waals surface area contributed by atoms with Gasteiger partial charge in [0.15, 0.2) is 6.10 Å². The molecule has 0 aliphatic heterocycles. The van der Waals surface area contributed by atoms with Crippen molar-refractivity contribution >= 4 is 17.9 Å². The van der Waals surface area contributed by atoms with Crippen LogP contribution in [0.4, 0.5) is 0 Å². The Hall–Kier alpha value is -3.79.